The summed E-state index contributed by atoms with van der Waals surface area (Å²) in [4.78, 5) is 0. The average Bonchev–Trinajstić information content (AvgIpc) is 2.73. The molecular weight excluding hydrogens is 306 g/mol. The standard InChI is InChI=1S/C22H29N3/c1-7-18(13-23)22(16(5)14(2)3)25-20-11-10-15(4)21-19(17(20)6)9-8-12-24-21/h7,11,24-25H,1,8-10,12H2,2-6H3/b22-18-. The molecule has 1 aliphatic heterocycles. The van der Waals surface area contributed by atoms with Gasteiger partial charge < -0.3 is 10.6 Å². The maximum Gasteiger partial charge on any atom is 0.101 e. The van der Waals surface area contributed by atoms with Crippen LogP contribution < -0.4 is 10.6 Å². The van der Waals surface area contributed by atoms with Gasteiger partial charge in [0.05, 0.1) is 11.3 Å². The molecule has 3 nitrogen and oxygen atoms in total. The third-order valence-corrected chi connectivity index (χ3v) is 5.08. The van der Waals surface area contributed by atoms with Crippen molar-refractivity contribution in [3.63, 3.8) is 0 Å². The molecule has 0 radical (unpaired) electrons. The first-order valence-corrected chi connectivity index (χ1v) is 8.93. The van der Waals surface area contributed by atoms with E-state index < -0.39 is 0 Å². The highest BCUT2D eigenvalue weighted by molar-refractivity contribution is 5.53. The number of piperidine rings is 1. The predicted molar refractivity (Wildman–Crippen MR) is 105 cm³/mol. The number of rotatable bonds is 4. The molecule has 1 heterocycles. The molecule has 132 valence electrons. The van der Waals surface area contributed by atoms with Crippen LogP contribution in [0.15, 0.2) is 69.3 Å². The van der Waals surface area contributed by atoms with Crippen molar-refractivity contribution in [3.8, 4) is 6.07 Å². The molecule has 0 aromatic rings. The summed E-state index contributed by atoms with van der Waals surface area (Å²) in [6.07, 6.45) is 7.02. The van der Waals surface area contributed by atoms with E-state index in [1.54, 1.807) is 6.08 Å². The molecule has 1 aliphatic carbocycles. The van der Waals surface area contributed by atoms with Gasteiger partial charge >= 0.3 is 0 Å². The molecule has 2 aliphatic rings. The molecule has 2 N–H and O–H groups in total. The fourth-order valence-electron chi connectivity index (χ4n) is 3.26. The Morgan fingerprint density at radius 2 is 2.04 bits per heavy atom. The summed E-state index contributed by atoms with van der Waals surface area (Å²) in [5.74, 6) is 0. The van der Waals surface area contributed by atoms with Crippen LogP contribution in [0.3, 0.4) is 0 Å². The van der Waals surface area contributed by atoms with Crippen molar-refractivity contribution in [2.75, 3.05) is 6.54 Å². The van der Waals surface area contributed by atoms with Gasteiger partial charge in [0.25, 0.3) is 0 Å². The maximum absolute atomic E-state index is 9.52. The van der Waals surface area contributed by atoms with Crippen molar-refractivity contribution in [3.05, 3.63) is 69.3 Å². The zero-order valence-electron chi connectivity index (χ0n) is 16.1. The highest BCUT2D eigenvalue weighted by Gasteiger charge is 2.21. The molecule has 2 rings (SSSR count). The lowest BCUT2D eigenvalue weighted by Crippen LogP contribution is -2.25. The maximum atomic E-state index is 9.52. The van der Waals surface area contributed by atoms with Crippen LogP contribution in [0.1, 0.15) is 53.9 Å². The van der Waals surface area contributed by atoms with E-state index in [0.29, 0.717) is 5.57 Å². The Labute approximate surface area is 152 Å². The molecule has 1 saturated heterocycles. The molecule has 0 unspecified atom stereocenters. The second kappa shape index (κ2) is 8.07. The molecule has 1 fully saturated rings. The van der Waals surface area contributed by atoms with Crippen molar-refractivity contribution < 1.29 is 0 Å². The fourth-order valence-corrected chi connectivity index (χ4v) is 3.26. The van der Waals surface area contributed by atoms with Gasteiger partial charge in [0, 0.05) is 17.9 Å². The fraction of sp³-hybridized carbons (Fsp3) is 0.409. The smallest absolute Gasteiger partial charge is 0.101 e. The van der Waals surface area contributed by atoms with Crippen LogP contribution in [0.2, 0.25) is 0 Å². The Morgan fingerprint density at radius 3 is 2.64 bits per heavy atom. The monoisotopic (exact) mass is 335 g/mol. The van der Waals surface area contributed by atoms with Crippen LogP contribution in [0.5, 0.6) is 0 Å². The minimum Gasteiger partial charge on any atom is -0.385 e. The highest BCUT2D eigenvalue weighted by Crippen LogP contribution is 2.32. The van der Waals surface area contributed by atoms with Crippen LogP contribution in [0, 0.1) is 11.3 Å². The Bertz CT molecular complexity index is 773. The minimum atomic E-state index is 0.577. The summed E-state index contributed by atoms with van der Waals surface area (Å²) < 4.78 is 0. The van der Waals surface area contributed by atoms with E-state index in [-0.39, 0.29) is 0 Å². The first kappa shape index (κ1) is 18.9. The molecular formula is C22H29N3. The predicted octanol–water partition coefficient (Wildman–Crippen LogP) is 5.16. The van der Waals surface area contributed by atoms with Crippen LogP contribution in [-0.4, -0.2) is 6.54 Å². The van der Waals surface area contributed by atoms with E-state index in [0.717, 1.165) is 42.8 Å². The third-order valence-electron chi connectivity index (χ3n) is 5.08. The van der Waals surface area contributed by atoms with Gasteiger partial charge in [-0.05, 0) is 82.2 Å². The SMILES string of the molecule is C=C/C(C#N)=C(/NC1=CCC(C)=C2NCCCC2=C1C)C(C)=C(C)C. The van der Waals surface area contributed by atoms with Gasteiger partial charge in [-0.1, -0.05) is 18.2 Å². The number of fused-ring (bicyclic) bond motifs is 1. The lowest BCUT2D eigenvalue weighted by atomic mass is 9.94. The second-order valence-electron chi connectivity index (χ2n) is 6.97. The molecule has 0 aromatic heterocycles. The number of hydrogen-bond donors (Lipinski definition) is 2. The van der Waals surface area contributed by atoms with Gasteiger partial charge in [-0.2, -0.15) is 5.26 Å². The Balaban J connectivity index is 2.51. The van der Waals surface area contributed by atoms with Crippen molar-refractivity contribution >= 4 is 0 Å². The number of hydrogen-bond acceptors (Lipinski definition) is 3. The Hall–Kier alpha value is -2.47. The van der Waals surface area contributed by atoms with Gasteiger partial charge in [0.1, 0.15) is 6.07 Å². The van der Waals surface area contributed by atoms with E-state index in [1.807, 2.05) is 0 Å². The summed E-state index contributed by atoms with van der Waals surface area (Å²) in [7, 11) is 0. The molecule has 25 heavy (non-hydrogen) atoms. The summed E-state index contributed by atoms with van der Waals surface area (Å²) in [5, 5.41) is 16.6. The van der Waals surface area contributed by atoms with E-state index in [2.05, 4.69) is 64.0 Å². The molecule has 0 spiro atoms. The largest absolute Gasteiger partial charge is 0.385 e. The number of allylic oxidation sites excluding steroid dienone is 8. The summed E-state index contributed by atoms with van der Waals surface area (Å²) in [6.45, 7) is 15.4. The van der Waals surface area contributed by atoms with Crippen molar-refractivity contribution in [1.82, 2.24) is 10.6 Å². The van der Waals surface area contributed by atoms with Crippen molar-refractivity contribution in [1.29, 1.82) is 5.26 Å². The van der Waals surface area contributed by atoms with Crippen LogP contribution in [-0.2, 0) is 0 Å². The van der Waals surface area contributed by atoms with Gasteiger partial charge in [-0.3, -0.25) is 0 Å². The normalized spacial score (nSPS) is 18.2. The minimum absolute atomic E-state index is 0.577. The molecule has 0 bridgehead atoms. The first-order valence-electron chi connectivity index (χ1n) is 8.93. The van der Waals surface area contributed by atoms with Crippen LogP contribution in [0.25, 0.3) is 0 Å². The Morgan fingerprint density at radius 1 is 1.32 bits per heavy atom. The lowest BCUT2D eigenvalue weighted by Gasteiger charge is -2.25. The zero-order valence-corrected chi connectivity index (χ0v) is 16.1. The molecule has 0 atom stereocenters. The van der Waals surface area contributed by atoms with Crippen molar-refractivity contribution in [2.24, 2.45) is 0 Å². The molecule has 0 aromatic carbocycles. The molecule has 3 heteroatoms. The van der Waals surface area contributed by atoms with Gasteiger partial charge in [0.2, 0.25) is 0 Å². The van der Waals surface area contributed by atoms with E-state index in [9.17, 15) is 5.26 Å². The number of nitrogens with zero attached hydrogens (tertiary/aromatic N) is 1. The Kier molecular flexibility index (Phi) is 6.09. The summed E-state index contributed by atoms with van der Waals surface area (Å²) in [5.41, 5.74) is 10.1. The van der Waals surface area contributed by atoms with E-state index >= 15 is 0 Å². The third kappa shape index (κ3) is 3.96. The first-order chi connectivity index (χ1) is 11.9. The average molecular weight is 335 g/mol. The topological polar surface area (TPSA) is 47.9 Å². The molecule has 0 saturated carbocycles. The highest BCUT2D eigenvalue weighted by atomic mass is 14.9. The summed E-state index contributed by atoms with van der Waals surface area (Å²) in [6, 6.07) is 2.27. The molecule has 0 amide bonds. The number of nitriles is 1. The van der Waals surface area contributed by atoms with Crippen LogP contribution >= 0.6 is 0 Å². The van der Waals surface area contributed by atoms with Gasteiger partial charge in [0.15, 0.2) is 0 Å². The quantitative estimate of drug-likeness (QED) is 0.551. The van der Waals surface area contributed by atoms with Crippen molar-refractivity contribution in [2.45, 2.75) is 53.9 Å². The van der Waals surface area contributed by atoms with Gasteiger partial charge in [-0.15, -0.1) is 0 Å². The van der Waals surface area contributed by atoms with E-state index in [1.165, 1.54) is 28.0 Å². The van der Waals surface area contributed by atoms with E-state index in [4.69, 9.17) is 0 Å². The zero-order chi connectivity index (χ0) is 18.6. The van der Waals surface area contributed by atoms with Crippen LogP contribution in [0.4, 0.5) is 0 Å². The lowest BCUT2D eigenvalue weighted by molar-refractivity contribution is 0.656. The van der Waals surface area contributed by atoms with Gasteiger partial charge in [-0.25, -0.2) is 0 Å². The summed E-state index contributed by atoms with van der Waals surface area (Å²) >= 11 is 0. The number of nitrogens with one attached hydrogen (secondary N) is 2. The second-order valence-corrected chi connectivity index (χ2v) is 6.97.